The monoisotopic (exact) mass is 840 g/mol. The number of anilines is 3. The van der Waals surface area contributed by atoms with Crippen molar-refractivity contribution in [1.82, 2.24) is 4.57 Å². The third-order valence-corrected chi connectivity index (χ3v) is 18.2. The number of para-hydroxylation sites is 2. The zero-order valence-corrected chi connectivity index (χ0v) is 38.4. The van der Waals surface area contributed by atoms with E-state index in [9.17, 15) is 0 Å². The standard InChI is InChI=1S/C61H53BN2O/c1-34-14-11-15-35(2)53(34)36-30-50-55-51(31-36)64(49-23-13-20-44-54(49)41-17-7-9-19-43(41)61(44)37-24-25-38(61)27-26-37)57-42-32-45-46(60(5,6)29-28-59(45,3)4)33-52(42)65-58(57)62(55)47-21-12-18-40-39-16-8-10-22-48(39)63(50)56(40)47/h7-23,30-33,37-38H,24-29H2,1-6H3. The summed E-state index contributed by atoms with van der Waals surface area (Å²) in [5.74, 6) is 1.36. The zero-order valence-electron chi connectivity index (χ0n) is 38.4. The van der Waals surface area contributed by atoms with E-state index >= 15 is 0 Å². The molecule has 0 atom stereocenters. The minimum absolute atomic E-state index is 0.0434. The number of nitrogens with zero attached hydrogens (tertiary/aromatic N) is 2. The zero-order chi connectivity index (χ0) is 43.5. The number of rotatable bonds is 2. The molecule has 15 rings (SSSR count). The second-order valence-electron chi connectivity index (χ2n) is 22.2. The minimum atomic E-state index is -0.0923. The van der Waals surface area contributed by atoms with Crippen LogP contribution in [0.5, 0.6) is 0 Å². The average molecular weight is 841 g/mol. The molecule has 2 bridgehead atoms. The summed E-state index contributed by atoms with van der Waals surface area (Å²) in [6.07, 6.45) is 7.63. The van der Waals surface area contributed by atoms with E-state index in [1.54, 1.807) is 11.1 Å². The molecule has 4 aliphatic carbocycles. The molecule has 6 aliphatic rings. The van der Waals surface area contributed by atoms with Crippen molar-refractivity contribution >= 4 is 73.1 Å². The van der Waals surface area contributed by atoms with Gasteiger partial charge in [0.25, 0.3) is 6.71 Å². The van der Waals surface area contributed by atoms with E-state index in [1.807, 2.05) is 0 Å². The fourth-order valence-corrected chi connectivity index (χ4v) is 15.4. The van der Waals surface area contributed by atoms with Gasteiger partial charge in [0.2, 0.25) is 0 Å². The third-order valence-electron chi connectivity index (χ3n) is 18.2. The minimum Gasteiger partial charge on any atom is -0.468 e. The molecule has 3 nitrogen and oxygen atoms in total. The van der Waals surface area contributed by atoms with Gasteiger partial charge < -0.3 is 13.9 Å². The van der Waals surface area contributed by atoms with Crippen molar-refractivity contribution in [3.63, 3.8) is 0 Å². The lowest BCUT2D eigenvalue weighted by atomic mass is 9.36. The Labute approximate surface area is 382 Å². The highest BCUT2D eigenvalue weighted by molar-refractivity contribution is 7.00. The van der Waals surface area contributed by atoms with Crippen LogP contribution in [-0.4, -0.2) is 11.3 Å². The lowest BCUT2D eigenvalue weighted by Gasteiger charge is -2.42. The molecule has 2 aliphatic heterocycles. The van der Waals surface area contributed by atoms with Gasteiger partial charge in [-0.3, -0.25) is 0 Å². The Balaban J connectivity index is 1.14. The smallest absolute Gasteiger partial charge is 0.297 e. The third kappa shape index (κ3) is 4.37. The van der Waals surface area contributed by atoms with Gasteiger partial charge in [0.05, 0.1) is 22.6 Å². The summed E-state index contributed by atoms with van der Waals surface area (Å²) in [5, 5.41) is 3.82. The van der Waals surface area contributed by atoms with Crippen LogP contribution in [0.15, 0.2) is 132 Å². The van der Waals surface area contributed by atoms with Crippen LogP contribution in [0.3, 0.4) is 0 Å². The van der Waals surface area contributed by atoms with E-state index in [4.69, 9.17) is 4.42 Å². The van der Waals surface area contributed by atoms with Gasteiger partial charge in [0.1, 0.15) is 5.58 Å². The maximum atomic E-state index is 7.67. The van der Waals surface area contributed by atoms with Gasteiger partial charge >= 0.3 is 0 Å². The van der Waals surface area contributed by atoms with E-state index in [1.165, 1.54) is 131 Å². The topological polar surface area (TPSA) is 21.3 Å². The predicted octanol–water partition coefficient (Wildman–Crippen LogP) is 13.9. The Morgan fingerprint density at radius 1 is 0.569 bits per heavy atom. The summed E-state index contributed by atoms with van der Waals surface area (Å²) < 4.78 is 10.3. The van der Waals surface area contributed by atoms with Crippen molar-refractivity contribution in [2.24, 2.45) is 11.8 Å². The Morgan fingerprint density at radius 3 is 2.00 bits per heavy atom. The van der Waals surface area contributed by atoms with Crippen LogP contribution in [0.2, 0.25) is 0 Å². The summed E-state index contributed by atoms with van der Waals surface area (Å²) >= 11 is 0. The van der Waals surface area contributed by atoms with Gasteiger partial charge in [-0.05, 0) is 172 Å². The molecule has 65 heavy (non-hydrogen) atoms. The molecule has 1 spiro atoms. The van der Waals surface area contributed by atoms with E-state index in [0.717, 1.165) is 24.1 Å². The summed E-state index contributed by atoms with van der Waals surface area (Å²) in [7, 11) is 0. The van der Waals surface area contributed by atoms with Gasteiger partial charge in [-0.2, -0.15) is 0 Å². The number of aryl methyl sites for hydroxylation is 2. The lowest BCUT2D eigenvalue weighted by molar-refractivity contribution is 0.332. The first-order valence-corrected chi connectivity index (χ1v) is 24.5. The van der Waals surface area contributed by atoms with Gasteiger partial charge in [-0.25, -0.2) is 0 Å². The largest absolute Gasteiger partial charge is 0.468 e. The van der Waals surface area contributed by atoms with Crippen molar-refractivity contribution in [3.8, 4) is 27.9 Å². The summed E-state index contributed by atoms with van der Waals surface area (Å²) in [4.78, 5) is 2.73. The molecule has 2 saturated carbocycles. The van der Waals surface area contributed by atoms with Crippen LogP contribution in [-0.2, 0) is 16.2 Å². The molecule has 0 radical (unpaired) electrons. The highest BCUT2D eigenvalue weighted by Crippen LogP contribution is 2.69. The van der Waals surface area contributed by atoms with Gasteiger partial charge in [-0.1, -0.05) is 119 Å². The lowest BCUT2D eigenvalue weighted by Crippen LogP contribution is -2.60. The number of benzene rings is 7. The van der Waals surface area contributed by atoms with Crippen LogP contribution >= 0.6 is 0 Å². The quantitative estimate of drug-likeness (QED) is 0.162. The molecule has 9 aromatic rings. The highest BCUT2D eigenvalue weighted by Gasteiger charge is 2.60. The van der Waals surface area contributed by atoms with Crippen molar-refractivity contribution in [3.05, 3.63) is 161 Å². The maximum Gasteiger partial charge on any atom is 0.297 e. The molecular formula is C61H53BN2O. The second-order valence-corrected chi connectivity index (χ2v) is 22.2. The van der Waals surface area contributed by atoms with Crippen LogP contribution in [0.25, 0.3) is 60.7 Å². The second kappa shape index (κ2) is 12.1. The first-order valence-electron chi connectivity index (χ1n) is 24.5. The molecule has 0 amide bonds. The van der Waals surface area contributed by atoms with Crippen molar-refractivity contribution in [2.75, 3.05) is 4.90 Å². The first kappa shape index (κ1) is 37.0. The summed E-state index contributed by atoms with van der Waals surface area (Å²) in [5.41, 5.74) is 26.5. The molecule has 316 valence electrons. The molecule has 7 aromatic carbocycles. The molecule has 4 heteroatoms. The van der Waals surface area contributed by atoms with Gasteiger partial charge in [0.15, 0.2) is 0 Å². The average Bonchev–Trinajstić information content (AvgIpc) is 4.12. The van der Waals surface area contributed by atoms with E-state index in [0.29, 0.717) is 11.8 Å². The number of fused-ring (bicyclic) bond motifs is 13. The molecule has 0 N–H and O–H groups in total. The molecule has 2 fully saturated rings. The Bertz CT molecular complexity index is 3590. The normalized spacial score (nSPS) is 22.2. The van der Waals surface area contributed by atoms with Crippen molar-refractivity contribution in [2.45, 2.75) is 96.3 Å². The highest BCUT2D eigenvalue weighted by atomic mass is 16.3. The maximum absolute atomic E-state index is 7.67. The van der Waals surface area contributed by atoms with E-state index < -0.39 is 0 Å². The predicted molar refractivity (Wildman–Crippen MR) is 272 cm³/mol. The molecule has 2 aromatic heterocycles. The summed E-state index contributed by atoms with van der Waals surface area (Å²) in [6.45, 7) is 14.3. The van der Waals surface area contributed by atoms with Gasteiger partial charge in [-0.15, -0.1) is 0 Å². The molecule has 4 heterocycles. The Morgan fingerprint density at radius 2 is 1.22 bits per heavy atom. The number of aromatic nitrogens is 1. The first-order chi connectivity index (χ1) is 31.6. The van der Waals surface area contributed by atoms with Crippen LogP contribution in [0, 0.1) is 25.7 Å². The summed E-state index contributed by atoms with van der Waals surface area (Å²) in [6, 6.07) is 50.0. The van der Waals surface area contributed by atoms with Crippen molar-refractivity contribution < 1.29 is 4.42 Å². The van der Waals surface area contributed by atoms with Crippen LogP contribution in [0.4, 0.5) is 17.1 Å². The fraction of sp³-hybridized carbons (Fsp3) is 0.279. The molecular weight excluding hydrogens is 787 g/mol. The number of hydrogen-bond acceptors (Lipinski definition) is 2. The SMILES string of the molecule is Cc1cccc(C)c1-c1cc2c3c(c1)-n1c4ccccc4c4cccc(c41)B3c1oc3cc4c(cc3c1N2c1cccc2c1-c1ccccc1C21C2CCC1CC2)C(C)(C)CCC4(C)C. The Kier molecular flexibility index (Phi) is 6.92. The fourth-order valence-electron chi connectivity index (χ4n) is 15.4. The molecule has 0 saturated heterocycles. The van der Waals surface area contributed by atoms with Crippen LogP contribution < -0.4 is 21.5 Å². The Hall–Kier alpha value is -6.26. The van der Waals surface area contributed by atoms with Gasteiger partial charge in [0, 0.05) is 44.0 Å². The number of hydrogen-bond donors (Lipinski definition) is 0. The van der Waals surface area contributed by atoms with Crippen LogP contribution in [0.1, 0.15) is 99.6 Å². The van der Waals surface area contributed by atoms with Crippen molar-refractivity contribution in [1.29, 1.82) is 0 Å². The van der Waals surface area contributed by atoms with E-state index in [2.05, 4.69) is 178 Å². The number of furan rings is 1. The van der Waals surface area contributed by atoms with E-state index in [-0.39, 0.29) is 23.0 Å². The molecule has 0 unspecified atom stereocenters.